The Morgan fingerprint density at radius 2 is 1.85 bits per heavy atom. The Bertz CT molecular complexity index is 462. The number of nitrogens with zero attached hydrogens (tertiary/aromatic N) is 2. The monoisotopic (exact) mass is 391 g/mol. The van der Waals surface area contributed by atoms with E-state index in [4.69, 9.17) is 10.5 Å². The fourth-order valence-corrected chi connectivity index (χ4v) is 2.20. The maximum Gasteiger partial charge on any atom is 0.191 e. The zero-order chi connectivity index (χ0) is 13.8. The van der Waals surface area contributed by atoms with Crippen molar-refractivity contribution in [1.82, 2.24) is 4.90 Å². The van der Waals surface area contributed by atoms with E-state index in [0.717, 1.165) is 29.8 Å². The van der Waals surface area contributed by atoms with E-state index < -0.39 is 0 Å². The average Bonchev–Trinajstić information content (AvgIpc) is 2.43. The quantitative estimate of drug-likeness (QED) is 0.458. The molecule has 20 heavy (non-hydrogen) atoms. The van der Waals surface area contributed by atoms with Gasteiger partial charge in [-0.1, -0.05) is 12.1 Å². The highest BCUT2D eigenvalue weighted by atomic mass is 127. The molecule has 0 unspecified atom stereocenters. The van der Waals surface area contributed by atoms with Gasteiger partial charge in [-0.25, -0.2) is 4.99 Å². The zero-order valence-electron chi connectivity index (χ0n) is 11.9. The van der Waals surface area contributed by atoms with Crippen molar-refractivity contribution in [3.05, 3.63) is 28.8 Å². The second-order valence-corrected chi connectivity index (χ2v) is 4.85. The molecule has 6 heteroatoms. The minimum atomic E-state index is 0. The first-order chi connectivity index (χ1) is 9.08. The summed E-state index contributed by atoms with van der Waals surface area (Å²) in [4.78, 5) is 6.44. The zero-order valence-corrected chi connectivity index (χ0v) is 14.3. The van der Waals surface area contributed by atoms with Crippen LogP contribution < -0.4 is 5.73 Å². The lowest BCUT2D eigenvalue weighted by molar-refractivity contribution is 0.0674. The van der Waals surface area contributed by atoms with Gasteiger partial charge >= 0.3 is 0 Å². The van der Waals surface area contributed by atoms with Crippen LogP contribution >= 0.6 is 24.0 Å². The number of benzene rings is 1. The van der Waals surface area contributed by atoms with Crippen molar-refractivity contribution < 1.29 is 9.84 Å². The van der Waals surface area contributed by atoms with E-state index in [0.29, 0.717) is 31.5 Å². The number of ether oxygens (including phenoxy) is 1. The van der Waals surface area contributed by atoms with Crippen LogP contribution in [0.2, 0.25) is 0 Å². The van der Waals surface area contributed by atoms with Gasteiger partial charge in [0, 0.05) is 13.1 Å². The third-order valence-corrected chi connectivity index (χ3v) is 3.31. The number of phenols is 1. The van der Waals surface area contributed by atoms with Crippen molar-refractivity contribution in [2.24, 2.45) is 10.7 Å². The minimum Gasteiger partial charge on any atom is -0.507 e. The van der Waals surface area contributed by atoms with Gasteiger partial charge in [0.25, 0.3) is 0 Å². The molecular weight excluding hydrogens is 369 g/mol. The van der Waals surface area contributed by atoms with Crippen LogP contribution in [0.1, 0.15) is 16.7 Å². The Morgan fingerprint density at radius 1 is 1.30 bits per heavy atom. The molecule has 1 aromatic rings. The van der Waals surface area contributed by atoms with E-state index in [1.807, 2.05) is 30.9 Å². The van der Waals surface area contributed by atoms with Gasteiger partial charge in [-0.3, -0.25) is 0 Å². The summed E-state index contributed by atoms with van der Waals surface area (Å²) in [5, 5.41) is 9.73. The van der Waals surface area contributed by atoms with Crippen LogP contribution in [0.25, 0.3) is 0 Å². The molecule has 0 radical (unpaired) electrons. The topological polar surface area (TPSA) is 71.1 Å². The largest absolute Gasteiger partial charge is 0.507 e. The van der Waals surface area contributed by atoms with Crippen LogP contribution in [0.15, 0.2) is 17.1 Å². The molecule has 1 aromatic carbocycles. The number of nitrogens with two attached hydrogens (primary N) is 1. The van der Waals surface area contributed by atoms with Gasteiger partial charge in [0.05, 0.1) is 19.8 Å². The number of rotatable bonds is 2. The van der Waals surface area contributed by atoms with Crippen LogP contribution in [0.4, 0.5) is 0 Å². The van der Waals surface area contributed by atoms with Gasteiger partial charge in [0.15, 0.2) is 5.96 Å². The molecule has 0 aliphatic carbocycles. The fraction of sp³-hybridized carbons (Fsp3) is 0.500. The predicted octanol–water partition coefficient (Wildman–Crippen LogP) is 1.77. The van der Waals surface area contributed by atoms with Crippen molar-refractivity contribution in [2.75, 3.05) is 26.3 Å². The molecule has 3 N–H and O–H groups in total. The molecule has 1 saturated heterocycles. The van der Waals surface area contributed by atoms with E-state index in [9.17, 15) is 5.11 Å². The van der Waals surface area contributed by atoms with Crippen molar-refractivity contribution in [3.63, 3.8) is 0 Å². The van der Waals surface area contributed by atoms with E-state index in [1.165, 1.54) is 0 Å². The van der Waals surface area contributed by atoms with Gasteiger partial charge in [-0.15, -0.1) is 24.0 Å². The van der Waals surface area contributed by atoms with Crippen molar-refractivity contribution in [3.8, 4) is 5.75 Å². The van der Waals surface area contributed by atoms with Crippen LogP contribution in [0, 0.1) is 13.8 Å². The van der Waals surface area contributed by atoms with Crippen molar-refractivity contribution in [2.45, 2.75) is 20.4 Å². The molecule has 5 nitrogen and oxygen atoms in total. The lowest BCUT2D eigenvalue weighted by Gasteiger charge is -2.27. The molecule has 0 bridgehead atoms. The number of hydrogen-bond acceptors (Lipinski definition) is 3. The Labute approximate surface area is 136 Å². The Balaban J connectivity index is 0.00000200. The van der Waals surface area contributed by atoms with Gasteiger partial charge < -0.3 is 20.5 Å². The third kappa shape index (κ3) is 4.24. The van der Waals surface area contributed by atoms with Crippen LogP contribution in [0.3, 0.4) is 0 Å². The van der Waals surface area contributed by atoms with Crippen molar-refractivity contribution in [1.29, 1.82) is 0 Å². The van der Waals surface area contributed by atoms with Gasteiger partial charge in [0.2, 0.25) is 0 Å². The summed E-state index contributed by atoms with van der Waals surface area (Å²) >= 11 is 0. The summed E-state index contributed by atoms with van der Waals surface area (Å²) in [6.07, 6.45) is 0. The highest BCUT2D eigenvalue weighted by Gasteiger charge is 2.12. The molecule has 0 atom stereocenters. The first kappa shape index (κ1) is 17.0. The van der Waals surface area contributed by atoms with E-state index in [1.54, 1.807) is 0 Å². The molecule has 0 saturated carbocycles. The molecule has 1 heterocycles. The maximum atomic E-state index is 9.73. The maximum absolute atomic E-state index is 9.73. The SMILES string of the molecule is Cc1cc(CN=C(N)N2CCOCC2)cc(C)c1O.I. The predicted molar refractivity (Wildman–Crippen MR) is 90.7 cm³/mol. The minimum absolute atomic E-state index is 0. The van der Waals surface area contributed by atoms with Crippen LogP contribution in [0.5, 0.6) is 5.75 Å². The number of phenolic OH excluding ortho intramolecular Hbond substituents is 1. The van der Waals surface area contributed by atoms with E-state index in [-0.39, 0.29) is 24.0 Å². The Kier molecular flexibility index (Phi) is 6.54. The number of aliphatic imine (C=N–C) groups is 1. The third-order valence-electron chi connectivity index (χ3n) is 3.31. The standard InChI is InChI=1S/C14H21N3O2.HI/c1-10-7-12(8-11(2)13(10)18)9-16-14(15)17-3-5-19-6-4-17;/h7-8,18H,3-6,9H2,1-2H3,(H2,15,16);1H. The van der Waals surface area contributed by atoms with E-state index >= 15 is 0 Å². The second-order valence-electron chi connectivity index (χ2n) is 4.85. The fourth-order valence-electron chi connectivity index (χ4n) is 2.20. The molecule has 1 aliphatic rings. The smallest absolute Gasteiger partial charge is 0.191 e. The van der Waals surface area contributed by atoms with E-state index in [2.05, 4.69) is 4.99 Å². The molecule has 1 fully saturated rings. The summed E-state index contributed by atoms with van der Waals surface area (Å²) in [6, 6.07) is 3.89. The number of guanidine groups is 1. The summed E-state index contributed by atoms with van der Waals surface area (Å²) in [5.41, 5.74) is 8.77. The van der Waals surface area contributed by atoms with Crippen LogP contribution in [-0.4, -0.2) is 42.3 Å². The molecular formula is C14H22IN3O2. The lowest BCUT2D eigenvalue weighted by Crippen LogP contribution is -2.44. The number of aryl methyl sites for hydroxylation is 2. The molecule has 0 spiro atoms. The van der Waals surface area contributed by atoms with Crippen molar-refractivity contribution >= 4 is 29.9 Å². The molecule has 2 rings (SSSR count). The number of halogens is 1. The molecule has 1 aliphatic heterocycles. The Hall–Kier alpha value is -1.02. The van der Waals surface area contributed by atoms with Crippen LogP contribution in [-0.2, 0) is 11.3 Å². The highest BCUT2D eigenvalue weighted by molar-refractivity contribution is 14.0. The summed E-state index contributed by atoms with van der Waals surface area (Å²) in [5.74, 6) is 0.917. The Morgan fingerprint density at radius 3 is 2.40 bits per heavy atom. The van der Waals surface area contributed by atoms with Gasteiger partial charge in [-0.2, -0.15) is 0 Å². The molecule has 112 valence electrons. The highest BCUT2D eigenvalue weighted by Crippen LogP contribution is 2.23. The number of aromatic hydroxyl groups is 1. The summed E-state index contributed by atoms with van der Waals surface area (Å²) < 4.78 is 5.28. The molecule has 0 amide bonds. The summed E-state index contributed by atoms with van der Waals surface area (Å²) in [7, 11) is 0. The van der Waals surface area contributed by atoms with Gasteiger partial charge in [0.1, 0.15) is 5.75 Å². The lowest BCUT2D eigenvalue weighted by atomic mass is 10.1. The number of morpholine rings is 1. The first-order valence-corrected chi connectivity index (χ1v) is 6.49. The average molecular weight is 391 g/mol. The van der Waals surface area contributed by atoms with Gasteiger partial charge in [-0.05, 0) is 30.5 Å². The molecule has 0 aromatic heterocycles. The number of hydrogen-bond donors (Lipinski definition) is 2. The summed E-state index contributed by atoms with van der Waals surface area (Å²) in [6.45, 7) is 7.31. The first-order valence-electron chi connectivity index (χ1n) is 6.49. The normalized spacial score (nSPS) is 15.9. The second kappa shape index (κ2) is 7.68.